The Balaban J connectivity index is 0.00000288. The molecule has 0 amide bonds. The fraction of sp³-hybridized carbons (Fsp3) is 0.333. The topological polar surface area (TPSA) is 79.2 Å². The van der Waals surface area contributed by atoms with E-state index in [1.165, 1.54) is 0 Å². The molecule has 1 heterocycles. The molecule has 1 aromatic heterocycles. The molecular formula is C15H16F2N3NaO3. The van der Waals surface area contributed by atoms with Gasteiger partial charge in [-0.25, -0.2) is 8.78 Å². The number of aromatic nitrogens is 2. The van der Waals surface area contributed by atoms with Crippen LogP contribution >= 0.6 is 0 Å². The minimum Gasteiger partial charge on any atom is -0.548 e. The molecule has 0 bridgehead atoms. The summed E-state index contributed by atoms with van der Waals surface area (Å²) in [7, 11) is 1.58. The largest absolute Gasteiger partial charge is 1.00 e. The summed E-state index contributed by atoms with van der Waals surface area (Å²) in [6.45, 7) is 1.20. The molecule has 1 aromatic carbocycles. The van der Waals surface area contributed by atoms with Gasteiger partial charge in [0.05, 0.1) is 31.4 Å². The van der Waals surface area contributed by atoms with Crippen molar-refractivity contribution < 1.29 is 53.0 Å². The standard InChI is InChI=1S/C15H17F2N3O3.Na/c1-23-5-4-20-9-10(8-19-20)7-18-14(15(21)22)12-3-2-11(16)6-13(12)17;/h2-3,6,8-9,14,18H,4-5,7H2,1H3,(H,21,22);/q;+1/p-1. The van der Waals surface area contributed by atoms with Crippen molar-refractivity contribution in [2.75, 3.05) is 13.7 Å². The molecular weight excluding hydrogens is 331 g/mol. The number of nitrogens with zero attached hydrogens (tertiary/aromatic N) is 2. The molecule has 0 saturated carbocycles. The number of nitrogens with one attached hydrogen (secondary N) is 1. The van der Waals surface area contributed by atoms with E-state index in [2.05, 4.69) is 10.4 Å². The zero-order valence-electron chi connectivity index (χ0n) is 13.5. The quantitative estimate of drug-likeness (QED) is 0.530. The van der Waals surface area contributed by atoms with E-state index in [4.69, 9.17) is 4.74 Å². The number of hydrogen-bond donors (Lipinski definition) is 1. The number of benzene rings is 1. The van der Waals surface area contributed by atoms with Crippen LogP contribution in [0.1, 0.15) is 17.2 Å². The fourth-order valence-electron chi connectivity index (χ4n) is 2.08. The molecule has 6 nitrogen and oxygen atoms in total. The van der Waals surface area contributed by atoms with Gasteiger partial charge < -0.3 is 20.0 Å². The number of methoxy groups -OCH3 is 1. The fourth-order valence-corrected chi connectivity index (χ4v) is 2.08. The van der Waals surface area contributed by atoms with E-state index >= 15 is 0 Å². The first-order valence-electron chi connectivity index (χ1n) is 6.90. The van der Waals surface area contributed by atoms with Gasteiger partial charge in [0.15, 0.2) is 0 Å². The normalized spacial score (nSPS) is 11.8. The molecule has 0 aliphatic carbocycles. The average molecular weight is 347 g/mol. The van der Waals surface area contributed by atoms with Crippen molar-refractivity contribution >= 4 is 5.97 Å². The van der Waals surface area contributed by atoms with Crippen LogP contribution in [0.2, 0.25) is 0 Å². The van der Waals surface area contributed by atoms with Crippen LogP contribution in [0.25, 0.3) is 0 Å². The van der Waals surface area contributed by atoms with Gasteiger partial charge in [-0.15, -0.1) is 0 Å². The Morgan fingerprint density at radius 1 is 1.46 bits per heavy atom. The summed E-state index contributed by atoms with van der Waals surface area (Å²) in [4.78, 5) is 11.2. The zero-order valence-corrected chi connectivity index (χ0v) is 15.5. The summed E-state index contributed by atoms with van der Waals surface area (Å²) in [5, 5.41) is 18.0. The maximum absolute atomic E-state index is 13.7. The number of carbonyl (C=O) groups is 1. The van der Waals surface area contributed by atoms with Gasteiger partial charge in [0.25, 0.3) is 0 Å². The molecule has 9 heteroatoms. The van der Waals surface area contributed by atoms with E-state index in [9.17, 15) is 18.7 Å². The van der Waals surface area contributed by atoms with E-state index in [1.807, 2.05) is 0 Å². The third kappa shape index (κ3) is 5.64. The molecule has 2 aromatic rings. The molecule has 0 radical (unpaired) electrons. The van der Waals surface area contributed by atoms with Crippen molar-refractivity contribution in [2.45, 2.75) is 19.1 Å². The van der Waals surface area contributed by atoms with Crippen LogP contribution in [0.4, 0.5) is 8.78 Å². The molecule has 0 aliphatic heterocycles. The van der Waals surface area contributed by atoms with E-state index in [0.29, 0.717) is 19.2 Å². The molecule has 124 valence electrons. The predicted octanol–water partition coefficient (Wildman–Crippen LogP) is -2.61. The minimum atomic E-state index is -1.50. The summed E-state index contributed by atoms with van der Waals surface area (Å²) < 4.78 is 33.2. The molecule has 2 rings (SSSR count). The van der Waals surface area contributed by atoms with Crippen molar-refractivity contribution in [3.63, 3.8) is 0 Å². The number of carboxylic acid groups (broad SMARTS) is 1. The zero-order chi connectivity index (χ0) is 16.8. The molecule has 0 aliphatic rings. The molecule has 0 spiro atoms. The third-order valence-electron chi connectivity index (χ3n) is 3.23. The number of carbonyl (C=O) groups excluding carboxylic acids is 1. The number of ether oxygens (including phenoxy) is 1. The Morgan fingerprint density at radius 3 is 2.83 bits per heavy atom. The van der Waals surface area contributed by atoms with Crippen LogP contribution in [0.15, 0.2) is 30.6 Å². The van der Waals surface area contributed by atoms with Crippen LogP contribution < -0.4 is 40.0 Å². The van der Waals surface area contributed by atoms with Crippen molar-refractivity contribution in [2.24, 2.45) is 0 Å². The maximum Gasteiger partial charge on any atom is 1.00 e. The van der Waals surface area contributed by atoms with Crippen molar-refractivity contribution in [1.82, 2.24) is 15.1 Å². The maximum atomic E-state index is 13.7. The van der Waals surface area contributed by atoms with Crippen molar-refractivity contribution in [1.29, 1.82) is 0 Å². The minimum absolute atomic E-state index is 0. The summed E-state index contributed by atoms with van der Waals surface area (Å²) in [6.07, 6.45) is 3.29. The summed E-state index contributed by atoms with van der Waals surface area (Å²) in [6, 6.07) is 1.33. The first-order valence-corrected chi connectivity index (χ1v) is 6.90. The van der Waals surface area contributed by atoms with Crippen LogP contribution in [0.5, 0.6) is 0 Å². The SMILES string of the molecule is COCCn1cc(CNC(C(=O)[O-])c2ccc(F)cc2F)cn1.[Na+]. The average Bonchev–Trinajstić information content (AvgIpc) is 2.94. The molecule has 0 fully saturated rings. The molecule has 1 unspecified atom stereocenters. The van der Waals surface area contributed by atoms with Gasteiger partial charge in [-0.05, 0) is 6.07 Å². The Bertz CT molecular complexity index is 682. The summed E-state index contributed by atoms with van der Waals surface area (Å²) in [5.41, 5.74) is 0.535. The number of rotatable bonds is 8. The molecule has 1 atom stereocenters. The first kappa shape index (κ1) is 20.7. The second-order valence-corrected chi connectivity index (χ2v) is 4.90. The van der Waals surface area contributed by atoms with Gasteiger partial charge >= 0.3 is 29.6 Å². The van der Waals surface area contributed by atoms with Gasteiger partial charge in [-0.3, -0.25) is 4.68 Å². The smallest absolute Gasteiger partial charge is 0.548 e. The number of carboxylic acids is 1. The van der Waals surface area contributed by atoms with E-state index in [0.717, 1.165) is 17.7 Å². The van der Waals surface area contributed by atoms with Crippen molar-refractivity contribution in [3.8, 4) is 0 Å². The van der Waals surface area contributed by atoms with Crippen LogP contribution in [-0.2, 0) is 22.6 Å². The Hall–Kier alpha value is -1.32. The Morgan fingerprint density at radius 2 is 2.21 bits per heavy atom. The van der Waals surface area contributed by atoms with Gasteiger partial charge in [-0.2, -0.15) is 5.10 Å². The molecule has 1 N–H and O–H groups in total. The number of aliphatic carboxylic acids is 1. The van der Waals surface area contributed by atoms with Crippen LogP contribution in [0, 0.1) is 11.6 Å². The van der Waals surface area contributed by atoms with E-state index in [1.54, 1.807) is 24.2 Å². The summed E-state index contributed by atoms with van der Waals surface area (Å²) in [5.74, 6) is -3.22. The van der Waals surface area contributed by atoms with Gasteiger partial charge in [0.1, 0.15) is 11.6 Å². The Labute approximate surface area is 160 Å². The summed E-state index contributed by atoms with van der Waals surface area (Å²) >= 11 is 0. The Kier molecular flexibility index (Phi) is 8.51. The second-order valence-electron chi connectivity index (χ2n) is 4.90. The van der Waals surface area contributed by atoms with Gasteiger partial charge in [0, 0.05) is 37.0 Å². The predicted molar refractivity (Wildman–Crippen MR) is 75.0 cm³/mol. The number of halogens is 2. The first-order chi connectivity index (χ1) is 11.0. The molecule has 24 heavy (non-hydrogen) atoms. The van der Waals surface area contributed by atoms with Crippen LogP contribution in [0.3, 0.4) is 0 Å². The second kappa shape index (κ2) is 9.85. The van der Waals surface area contributed by atoms with Crippen LogP contribution in [-0.4, -0.2) is 29.5 Å². The van der Waals surface area contributed by atoms with Gasteiger partial charge in [-0.1, -0.05) is 6.07 Å². The molecule has 0 saturated heterocycles. The van der Waals surface area contributed by atoms with E-state index < -0.39 is 23.6 Å². The van der Waals surface area contributed by atoms with Gasteiger partial charge in [0.2, 0.25) is 0 Å². The van der Waals surface area contributed by atoms with Crippen molar-refractivity contribution in [3.05, 3.63) is 53.4 Å². The monoisotopic (exact) mass is 347 g/mol. The third-order valence-corrected chi connectivity index (χ3v) is 3.23. The van der Waals surface area contributed by atoms with E-state index in [-0.39, 0.29) is 41.7 Å². The number of hydrogen-bond acceptors (Lipinski definition) is 5.